The van der Waals surface area contributed by atoms with E-state index in [-0.39, 0.29) is 17.2 Å². The zero-order valence-electron chi connectivity index (χ0n) is 13.9. The van der Waals surface area contributed by atoms with Gasteiger partial charge in [0.05, 0.1) is 18.1 Å². The number of ketones is 1. The van der Waals surface area contributed by atoms with Crippen LogP contribution in [0.2, 0.25) is 0 Å². The van der Waals surface area contributed by atoms with Crippen molar-refractivity contribution in [2.24, 2.45) is 0 Å². The molecular weight excluding hydrogens is 335 g/mol. The molecule has 26 heavy (non-hydrogen) atoms. The molecule has 6 nitrogen and oxygen atoms in total. The number of nitrogens with zero attached hydrogens (tertiary/aromatic N) is 2. The highest BCUT2D eigenvalue weighted by atomic mass is 19.1. The fourth-order valence-electron chi connectivity index (χ4n) is 2.22. The molecular formula is C19H15FN4O2. The van der Waals surface area contributed by atoms with Crippen LogP contribution in [-0.4, -0.2) is 21.7 Å². The lowest BCUT2D eigenvalue weighted by Gasteiger charge is -2.08. The lowest BCUT2D eigenvalue weighted by molar-refractivity contribution is 0.101. The summed E-state index contributed by atoms with van der Waals surface area (Å²) in [5.41, 5.74) is 1.37. The van der Waals surface area contributed by atoms with Crippen molar-refractivity contribution in [3.8, 4) is 0 Å². The average molecular weight is 350 g/mol. The lowest BCUT2D eigenvalue weighted by Crippen LogP contribution is -2.15. The van der Waals surface area contributed by atoms with Crippen molar-refractivity contribution in [2.75, 3.05) is 10.6 Å². The van der Waals surface area contributed by atoms with E-state index in [0.717, 1.165) is 0 Å². The molecule has 0 unspecified atom stereocenters. The third-order valence-electron chi connectivity index (χ3n) is 3.55. The molecule has 0 radical (unpaired) electrons. The summed E-state index contributed by atoms with van der Waals surface area (Å²) in [6.07, 6.45) is 2.67. The smallest absolute Gasteiger partial charge is 0.275 e. The number of nitrogens with one attached hydrogen (secondary N) is 2. The van der Waals surface area contributed by atoms with Crippen molar-refractivity contribution in [3.05, 3.63) is 78.0 Å². The molecule has 0 bridgehead atoms. The zero-order chi connectivity index (χ0) is 18.5. The Morgan fingerprint density at radius 2 is 1.81 bits per heavy atom. The molecule has 2 N–H and O–H groups in total. The van der Waals surface area contributed by atoms with E-state index < -0.39 is 11.7 Å². The van der Waals surface area contributed by atoms with E-state index in [1.165, 1.54) is 37.5 Å². The molecule has 0 atom stereocenters. The maximum Gasteiger partial charge on any atom is 0.275 e. The number of carbonyl (C=O) groups is 2. The number of hydrogen-bond acceptors (Lipinski definition) is 5. The summed E-state index contributed by atoms with van der Waals surface area (Å²) in [6.45, 7) is 1.49. The molecule has 0 saturated carbocycles. The Labute approximate surface area is 149 Å². The normalized spacial score (nSPS) is 10.2. The molecule has 3 aromatic rings. The Morgan fingerprint density at radius 3 is 2.50 bits per heavy atom. The predicted molar refractivity (Wildman–Crippen MR) is 96.1 cm³/mol. The van der Waals surface area contributed by atoms with Gasteiger partial charge in [-0.25, -0.2) is 14.4 Å². The van der Waals surface area contributed by atoms with Crippen LogP contribution in [-0.2, 0) is 0 Å². The number of aromatic nitrogens is 2. The van der Waals surface area contributed by atoms with Gasteiger partial charge in [0.25, 0.3) is 5.91 Å². The summed E-state index contributed by atoms with van der Waals surface area (Å²) in [7, 11) is 0. The highest BCUT2D eigenvalue weighted by molar-refractivity contribution is 6.02. The predicted octanol–water partition coefficient (Wildman–Crippen LogP) is 3.81. The monoisotopic (exact) mass is 350 g/mol. The van der Waals surface area contributed by atoms with Gasteiger partial charge in [0.15, 0.2) is 5.78 Å². The van der Waals surface area contributed by atoms with Crippen molar-refractivity contribution in [1.82, 2.24) is 9.97 Å². The fourth-order valence-corrected chi connectivity index (χ4v) is 2.22. The summed E-state index contributed by atoms with van der Waals surface area (Å²) >= 11 is 0. The van der Waals surface area contributed by atoms with Crippen LogP contribution in [0.25, 0.3) is 0 Å². The Kier molecular flexibility index (Phi) is 4.98. The van der Waals surface area contributed by atoms with Gasteiger partial charge in [0.1, 0.15) is 17.3 Å². The number of Topliss-reactive ketones (excluding diaryl/α,β-unsaturated/α-hetero) is 1. The van der Waals surface area contributed by atoms with E-state index >= 15 is 0 Å². The first-order valence-corrected chi connectivity index (χ1v) is 7.79. The van der Waals surface area contributed by atoms with E-state index in [1.807, 2.05) is 0 Å². The van der Waals surface area contributed by atoms with Crippen molar-refractivity contribution in [2.45, 2.75) is 6.92 Å². The Bertz CT molecular complexity index is 958. The van der Waals surface area contributed by atoms with Crippen LogP contribution in [0, 0.1) is 5.82 Å². The van der Waals surface area contributed by atoms with Crippen molar-refractivity contribution >= 4 is 28.9 Å². The van der Waals surface area contributed by atoms with Gasteiger partial charge in [-0.1, -0.05) is 24.3 Å². The molecule has 0 aliphatic rings. The number of hydrogen-bond donors (Lipinski definition) is 2. The molecule has 3 rings (SSSR count). The number of anilines is 3. The van der Waals surface area contributed by atoms with E-state index in [0.29, 0.717) is 17.1 Å². The molecule has 2 aromatic carbocycles. The van der Waals surface area contributed by atoms with E-state index in [4.69, 9.17) is 0 Å². The van der Waals surface area contributed by atoms with Crippen LogP contribution in [0.3, 0.4) is 0 Å². The van der Waals surface area contributed by atoms with Gasteiger partial charge in [-0.3, -0.25) is 9.59 Å². The first-order valence-electron chi connectivity index (χ1n) is 7.79. The minimum atomic E-state index is -0.562. The number of halogens is 1. The summed E-state index contributed by atoms with van der Waals surface area (Å²) < 4.78 is 13.6. The Hall–Kier alpha value is -3.61. The second-order valence-electron chi connectivity index (χ2n) is 5.48. The van der Waals surface area contributed by atoms with Crippen LogP contribution in [0.5, 0.6) is 0 Å². The molecule has 130 valence electrons. The maximum atomic E-state index is 13.6. The molecule has 1 amide bonds. The van der Waals surface area contributed by atoms with Gasteiger partial charge in [-0.05, 0) is 31.2 Å². The number of carbonyl (C=O) groups excluding carboxylic acids is 2. The Morgan fingerprint density at radius 1 is 1.00 bits per heavy atom. The summed E-state index contributed by atoms with van der Waals surface area (Å²) in [5, 5.41) is 5.45. The number of para-hydroxylation sites is 1. The topological polar surface area (TPSA) is 84.0 Å². The molecule has 1 aromatic heterocycles. The molecule has 0 fully saturated rings. The van der Waals surface area contributed by atoms with Crippen molar-refractivity contribution in [1.29, 1.82) is 0 Å². The summed E-state index contributed by atoms with van der Waals surface area (Å²) in [6, 6.07) is 12.8. The average Bonchev–Trinajstić information content (AvgIpc) is 2.64. The van der Waals surface area contributed by atoms with Gasteiger partial charge >= 0.3 is 0 Å². The quantitative estimate of drug-likeness (QED) is 0.684. The number of amides is 1. The fraction of sp³-hybridized carbons (Fsp3) is 0.0526. The van der Waals surface area contributed by atoms with Gasteiger partial charge in [-0.2, -0.15) is 0 Å². The molecule has 1 heterocycles. The standard InChI is InChI=1S/C19H15FN4O2/c1-12(25)13-5-4-6-14(9-13)23-18-11-21-17(10-22-18)19(26)24-16-8-3-2-7-15(16)20/h2-11H,1H3,(H,22,23)(H,24,26). The van der Waals surface area contributed by atoms with E-state index in [2.05, 4.69) is 20.6 Å². The van der Waals surface area contributed by atoms with Crippen LogP contribution in [0.4, 0.5) is 21.6 Å². The van der Waals surface area contributed by atoms with E-state index in [1.54, 1.807) is 30.3 Å². The minimum Gasteiger partial charge on any atom is -0.339 e. The highest BCUT2D eigenvalue weighted by Crippen LogP contribution is 2.17. The molecule has 0 saturated heterocycles. The van der Waals surface area contributed by atoms with Gasteiger partial charge in [0.2, 0.25) is 0 Å². The second kappa shape index (κ2) is 7.52. The van der Waals surface area contributed by atoms with Crippen LogP contribution in [0.15, 0.2) is 60.9 Å². The lowest BCUT2D eigenvalue weighted by atomic mass is 10.1. The minimum absolute atomic E-state index is 0.0418. The van der Waals surface area contributed by atoms with Crippen molar-refractivity contribution < 1.29 is 14.0 Å². The molecule has 0 aliphatic heterocycles. The number of rotatable bonds is 5. The second-order valence-corrected chi connectivity index (χ2v) is 5.48. The van der Waals surface area contributed by atoms with Crippen LogP contribution in [0.1, 0.15) is 27.8 Å². The largest absolute Gasteiger partial charge is 0.339 e. The van der Waals surface area contributed by atoms with Crippen LogP contribution >= 0.6 is 0 Å². The van der Waals surface area contributed by atoms with Gasteiger partial charge in [-0.15, -0.1) is 0 Å². The molecule has 7 heteroatoms. The first-order chi connectivity index (χ1) is 12.5. The number of benzene rings is 2. The van der Waals surface area contributed by atoms with E-state index in [9.17, 15) is 14.0 Å². The summed E-state index contributed by atoms with van der Waals surface area (Å²) in [5.74, 6) is -0.724. The first kappa shape index (κ1) is 17.2. The zero-order valence-corrected chi connectivity index (χ0v) is 13.9. The van der Waals surface area contributed by atoms with Crippen LogP contribution < -0.4 is 10.6 Å². The van der Waals surface area contributed by atoms with Crippen molar-refractivity contribution in [3.63, 3.8) is 0 Å². The third kappa shape index (κ3) is 4.07. The third-order valence-corrected chi connectivity index (χ3v) is 3.55. The Balaban J connectivity index is 1.70. The SMILES string of the molecule is CC(=O)c1cccc(Nc2cnc(C(=O)Nc3ccccc3F)cn2)c1. The molecule has 0 spiro atoms. The highest BCUT2D eigenvalue weighted by Gasteiger charge is 2.11. The van der Waals surface area contributed by atoms with Gasteiger partial charge in [0, 0.05) is 11.3 Å². The molecule has 0 aliphatic carbocycles. The summed E-state index contributed by atoms with van der Waals surface area (Å²) in [4.78, 5) is 31.7. The maximum absolute atomic E-state index is 13.6. The van der Waals surface area contributed by atoms with Gasteiger partial charge < -0.3 is 10.6 Å².